The fraction of sp³-hybridized carbons (Fsp3) is 0.387. The molecule has 6 rings (SSSR count). The molecule has 2 aliphatic heterocycles. The van der Waals surface area contributed by atoms with Crippen LogP contribution in [-0.2, 0) is 4.74 Å². The second-order valence-electron chi connectivity index (χ2n) is 10.9. The van der Waals surface area contributed by atoms with Crippen molar-refractivity contribution in [3.05, 3.63) is 60.9 Å². The van der Waals surface area contributed by atoms with Crippen molar-refractivity contribution in [1.82, 2.24) is 24.4 Å². The van der Waals surface area contributed by atoms with Gasteiger partial charge in [-0.1, -0.05) is 24.3 Å². The smallest absolute Gasteiger partial charge is 0.411 e. The lowest BCUT2D eigenvalue weighted by atomic mass is 10.0. The Morgan fingerprint density at radius 3 is 2.27 bits per heavy atom. The minimum Gasteiger partial charge on any atom is -0.450 e. The number of ether oxygens (including phenoxy) is 1. The molecule has 0 atom stereocenters. The SMILES string of the molecule is CCOC(=O)Nc1ccc(-c2cnc3c(-c4ccc(N5CCN(C6CCN(C)CC6)CC5)cc4)cnn3c2N)cc1. The van der Waals surface area contributed by atoms with E-state index >= 15 is 0 Å². The molecule has 0 saturated carbocycles. The zero-order valence-corrected chi connectivity index (χ0v) is 23.8. The maximum Gasteiger partial charge on any atom is 0.411 e. The molecule has 41 heavy (non-hydrogen) atoms. The van der Waals surface area contributed by atoms with E-state index in [1.807, 2.05) is 18.3 Å². The molecule has 2 aliphatic rings. The van der Waals surface area contributed by atoms with E-state index in [-0.39, 0.29) is 0 Å². The summed E-state index contributed by atoms with van der Waals surface area (Å²) in [7, 11) is 2.22. The first-order chi connectivity index (χ1) is 20.0. The number of hydrogen-bond donors (Lipinski definition) is 2. The third-order valence-electron chi connectivity index (χ3n) is 8.34. The van der Waals surface area contributed by atoms with Gasteiger partial charge < -0.3 is 20.3 Å². The molecule has 0 spiro atoms. The highest BCUT2D eigenvalue weighted by atomic mass is 16.5. The second-order valence-corrected chi connectivity index (χ2v) is 10.9. The summed E-state index contributed by atoms with van der Waals surface area (Å²) in [6.07, 6.45) is 5.69. The molecule has 2 aromatic carbocycles. The Morgan fingerprint density at radius 1 is 0.927 bits per heavy atom. The maximum atomic E-state index is 11.7. The Labute approximate surface area is 240 Å². The Balaban J connectivity index is 1.13. The van der Waals surface area contributed by atoms with Gasteiger partial charge >= 0.3 is 6.09 Å². The predicted octanol–water partition coefficient (Wildman–Crippen LogP) is 4.43. The van der Waals surface area contributed by atoms with Crippen LogP contribution < -0.4 is 16.0 Å². The van der Waals surface area contributed by atoms with Gasteiger partial charge in [0.25, 0.3) is 0 Å². The number of nitrogen functional groups attached to an aromatic ring is 1. The molecule has 2 aromatic heterocycles. The summed E-state index contributed by atoms with van der Waals surface area (Å²) in [5, 5.41) is 7.26. The molecule has 2 fully saturated rings. The molecule has 1 amide bonds. The van der Waals surface area contributed by atoms with Crippen molar-refractivity contribution < 1.29 is 9.53 Å². The fourth-order valence-corrected chi connectivity index (χ4v) is 5.95. The van der Waals surface area contributed by atoms with Gasteiger partial charge in [0.2, 0.25) is 0 Å². The fourth-order valence-electron chi connectivity index (χ4n) is 5.95. The number of benzene rings is 2. The van der Waals surface area contributed by atoms with Crippen LogP contribution in [0.1, 0.15) is 19.8 Å². The number of hydrogen-bond acceptors (Lipinski definition) is 8. The van der Waals surface area contributed by atoms with Crippen molar-refractivity contribution in [2.45, 2.75) is 25.8 Å². The van der Waals surface area contributed by atoms with Crippen LogP contribution in [0.2, 0.25) is 0 Å². The largest absolute Gasteiger partial charge is 0.450 e. The molecule has 214 valence electrons. The van der Waals surface area contributed by atoms with Gasteiger partial charge in [-0.2, -0.15) is 9.61 Å². The van der Waals surface area contributed by atoms with Crippen LogP contribution in [0.4, 0.5) is 22.0 Å². The molecule has 4 heterocycles. The molecular formula is C31H38N8O2. The highest BCUT2D eigenvalue weighted by Gasteiger charge is 2.26. The number of likely N-dealkylation sites (tertiary alicyclic amines) is 1. The van der Waals surface area contributed by atoms with Crippen LogP contribution in [0.25, 0.3) is 27.9 Å². The molecule has 0 bridgehead atoms. The molecule has 10 heteroatoms. The number of rotatable bonds is 6. The van der Waals surface area contributed by atoms with E-state index in [0.717, 1.165) is 54.5 Å². The summed E-state index contributed by atoms with van der Waals surface area (Å²) in [6.45, 7) is 8.87. The number of nitrogens with zero attached hydrogens (tertiary/aromatic N) is 6. The average Bonchev–Trinajstić information content (AvgIpc) is 3.44. The lowest BCUT2D eigenvalue weighted by molar-refractivity contribution is 0.115. The van der Waals surface area contributed by atoms with Crippen molar-refractivity contribution in [2.24, 2.45) is 0 Å². The van der Waals surface area contributed by atoms with E-state index in [1.54, 1.807) is 29.8 Å². The highest BCUT2D eigenvalue weighted by molar-refractivity contribution is 5.86. The standard InChI is InChI=1S/C31H38N8O2/c1-3-41-31(40)35-24-8-4-22(5-9-24)27-20-33-30-28(21-34-39(30)29(27)32)23-6-10-25(11-7-23)37-16-18-38(19-17-37)26-12-14-36(2)15-13-26/h4-11,20-21,26H,3,12-19,32H2,1-2H3,(H,35,40). The number of piperidine rings is 1. The summed E-state index contributed by atoms with van der Waals surface area (Å²) >= 11 is 0. The number of aromatic nitrogens is 3. The van der Waals surface area contributed by atoms with Crippen LogP contribution >= 0.6 is 0 Å². The van der Waals surface area contributed by atoms with E-state index in [0.29, 0.717) is 23.8 Å². The molecule has 10 nitrogen and oxygen atoms in total. The summed E-state index contributed by atoms with van der Waals surface area (Å²) in [5.74, 6) is 0.506. The number of carbonyl (C=O) groups is 1. The Morgan fingerprint density at radius 2 is 1.59 bits per heavy atom. The zero-order chi connectivity index (χ0) is 28.3. The third kappa shape index (κ3) is 5.71. The number of nitrogens with one attached hydrogen (secondary N) is 1. The average molecular weight is 555 g/mol. The zero-order valence-electron chi connectivity index (χ0n) is 23.8. The second kappa shape index (κ2) is 11.8. The van der Waals surface area contributed by atoms with Crippen molar-refractivity contribution >= 4 is 28.9 Å². The topological polar surface area (TPSA) is 104 Å². The van der Waals surface area contributed by atoms with Gasteiger partial charge in [0, 0.05) is 60.9 Å². The molecular weight excluding hydrogens is 516 g/mol. The molecule has 0 radical (unpaired) electrons. The van der Waals surface area contributed by atoms with Gasteiger partial charge in [-0.3, -0.25) is 10.2 Å². The third-order valence-corrected chi connectivity index (χ3v) is 8.34. The van der Waals surface area contributed by atoms with Crippen molar-refractivity contribution in [1.29, 1.82) is 0 Å². The van der Waals surface area contributed by atoms with E-state index in [2.05, 4.69) is 56.4 Å². The van der Waals surface area contributed by atoms with Gasteiger partial charge in [0.15, 0.2) is 5.65 Å². The Kier molecular flexibility index (Phi) is 7.76. The van der Waals surface area contributed by atoms with E-state index in [9.17, 15) is 4.79 Å². The van der Waals surface area contributed by atoms with Gasteiger partial charge in [0.1, 0.15) is 5.82 Å². The lowest BCUT2D eigenvalue weighted by Gasteiger charge is -2.42. The molecule has 0 unspecified atom stereocenters. The maximum absolute atomic E-state index is 11.7. The first-order valence-electron chi connectivity index (χ1n) is 14.4. The van der Waals surface area contributed by atoms with Crippen LogP contribution in [0, 0.1) is 0 Å². The summed E-state index contributed by atoms with van der Waals surface area (Å²) in [5.41, 5.74) is 12.8. The Hall–Kier alpha value is -4.15. The van der Waals surface area contributed by atoms with Crippen molar-refractivity contribution in [3.8, 4) is 22.3 Å². The normalized spacial score (nSPS) is 17.2. The minimum absolute atomic E-state index is 0.318. The summed E-state index contributed by atoms with van der Waals surface area (Å²) < 4.78 is 6.62. The van der Waals surface area contributed by atoms with E-state index in [4.69, 9.17) is 15.5 Å². The van der Waals surface area contributed by atoms with Crippen LogP contribution in [0.5, 0.6) is 0 Å². The highest BCUT2D eigenvalue weighted by Crippen LogP contribution is 2.32. The van der Waals surface area contributed by atoms with Crippen molar-refractivity contribution in [2.75, 3.05) is 68.9 Å². The van der Waals surface area contributed by atoms with Crippen LogP contribution in [0.15, 0.2) is 60.9 Å². The number of piperazine rings is 1. The molecule has 3 N–H and O–H groups in total. The predicted molar refractivity (Wildman–Crippen MR) is 163 cm³/mol. The number of anilines is 3. The van der Waals surface area contributed by atoms with Gasteiger partial charge in [0.05, 0.1) is 12.8 Å². The number of amides is 1. The molecule has 2 saturated heterocycles. The van der Waals surface area contributed by atoms with Gasteiger partial charge in [-0.15, -0.1) is 0 Å². The summed E-state index contributed by atoms with van der Waals surface area (Å²) in [6, 6.07) is 16.8. The van der Waals surface area contributed by atoms with Crippen LogP contribution in [0.3, 0.4) is 0 Å². The van der Waals surface area contributed by atoms with Gasteiger partial charge in [-0.25, -0.2) is 9.78 Å². The first kappa shape index (κ1) is 27.0. The van der Waals surface area contributed by atoms with Crippen molar-refractivity contribution in [3.63, 3.8) is 0 Å². The lowest BCUT2D eigenvalue weighted by Crippen LogP contribution is -2.52. The minimum atomic E-state index is -0.481. The van der Waals surface area contributed by atoms with Crippen LogP contribution in [-0.4, -0.2) is 89.5 Å². The number of fused-ring (bicyclic) bond motifs is 1. The molecule has 0 aliphatic carbocycles. The van der Waals surface area contributed by atoms with Gasteiger partial charge in [-0.05, 0) is 75.3 Å². The number of carbonyl (C=O) groups excluding carboxylic acids is 1. The quantitative estimate of drug-likeness (QED) is 0.361. The first-order valence-corrected chi connectivity index (χ1v) is 14.4. The Bertz CT molecular complexity index is 1490. The van der Waals surface area contributed by atoms with E-state index < -0.39 is 6.09 Å². The molecule has 4 aromatic rings. The summed E-state index contributed by atoms with van der Waals surface area (Å²) in [4.78, 5) is 24.0. The monoisotopic (exact) mass is 554 g/mol. The number of nitrogens with two attached hydrogens (primary N) is 1. The van der Waals surface area contributed by atoms with E-state index in [1.165, 1.54) is 31.6 Å².